The number of benzene rings is 1. The third-order valence-electron chi connectivity index (χ3n) is 3.35. The fourth-order valence-electron chi connectivity index (χ4n) is 2.12. The van der Waals surface area contributed by atoms with Crippen LogP contribution in [0.3, 0.4) is 0 Å². The first-order valence-corrected chi connectivity index (χ1v) is 8.75. The average molecular weight is 311 g/mol. The Balaban J connectivity index is 2.17. The van der Waals surface area contributed by atoms with Gasteiger partial charge in [0.05, 0.1) is 4.90 Å². The Morgan fingerprint density at radius 2 is 1.62 bits per heavy atom. The van der Waals surface area contributed by atoms with Crippen molar-refractivity contribution in [1.29, 1.82) is 0 Å². The van der Waals surface area contributed by atoms with Crippen molar-refractivity contribution in [1.82, 2.24) is 0 Å². The lowest BCUT2D eigenvalue weighted by atomic mass is 10.1. The van der Waals surface area contributed by atoms with Gasteiger partial charge in [0.1, 0.15) is 0 Å². The van der Waals surface area contributed by atoms with Gasteiger partial charge in [-0.05, 0) is 30.7 Å². The van der Waals surface area contributed by atoms with E-state index in [-0.39, 0.29) is 5.91 Å². The van der Waals surface area contributed by atoms with Crippen molar-refractivity contribution in [2.45, 2.75) is 63.2 Å². The summed E-state index contributed by atoms with van der Waals surface area (Å²) in [5, 5.41) is 2.80. The average Bonchev–Trinajstić information content (AvgIpc) is 2.47. The van der Waals surface area contributed by atoms with Gasteiger partial charge in [0.15, 0.2) is 11.1 Å². The molecule has 0 saturated carbocycles. The molecule has 0 aliphatic rings. The summed E-state index contributed by atoms with van der Waals surface area (Å²) in [7, 11) is 0. The topological polar surface area (TPSA) is 66.4 Å². The molecule has 0 heterocycles. The predicted octanol–water partition coefficient (Wildman–Crippen LogP) is 4.35. The number of hydrogen-bond donors (Lipinski definition) is 2. The first-order valence-electron chi connectivity index (χ1n) is 7.64. The summed E-state index contributed by atoms with van der Waals surface area (Å²) in [5.74, 6) is 0.00132. The molecule has 0 bridgehead atoms. The van der Waals surface area contributed by atoms with Gasteiger partial charge in [0.25, 0.3) is 0 Å². The van der Waals surface area contributed by atoms with Crippen LogP contribution in [0.4, 0.5) is 5.69 Å². The smallest absolute Gasteiger partial charge is 0.224 e. The van der Waals surface area contributed by atoms with Gasteiger partial charge in [0.2, 0.25) is 5.91 Å². The summed E-state index contributed by atoms with van der Waals surface area (Å²) in [4.78, 5) is 12.1. The highest BCUT2D eigenvalue weighted by Crippen LogP contribution is 2.13. The molecule has 5 heteroatoms. The van der Waals surface area contributed by atoms with Crippen LogP contribution in [0.1, 0.15) is 58.3 Å². The maximum absolute atomic E-state index is 11.7. The zero-order valence-corrected chi connectivity index (χ0v) is 13.5. The monoisotopic (exact) mass is 311 g/mol. The zero-order chi connectivity index (χ0) is 15.5. The van der Waals surface area contributed by atoms with Crippen LogP contribution >= 0.6 is 0 Å². The SMILES string of the molecule is CCCCCCCCCC(=O)Nc1ccc(S(=O)O)cc1. The Kier molecular flexibility index (Phi) is 8.94. The molecule has 0 radical (unpaired) electrons. The molecule has 0 aliphatic heterocycles. The number of carbonyl (C=O) groups excluding carboxylic acids is 1. The van der Waals surface area contributed by atoms with E-state index in [1.807, 2.05) is 0 Å². The molecule has 0 aliphatic carbocycles. The van der Waals surface area contributed by atoms with Crippen LogP contribution in [0.15, 0.2) is 29.2 Å². The van der Waals surface area contributed by atoms with Crippen LogP contribution in [0.5, 0.6) is 0 Å². The van der Waals surface area contributed by atoms with Gasteiger partial charge in [-0.2, -0.15) is 0 Å². The van der Waals surface area contributed by atoms with E-state index in [9.17, 15) is 9.00 Å². The van der Waals surface area contributed by atoms with Crippen molar-refractivity contribution in [3.05, 3.63) is 24.3 Å². The van der Waals surface area contributed by atoms with E-state index in [4.69, 9.17) is 4.55 Å². The van der Waals surface area contributed by atoms with Crippen molar-refractivity contribution >= 4 is 22.7 Å². The Morgan fingerprint density at radius 1 is 1.05 bits per heavy atom. The van der Waals surface area contributed by atoms with E-state index >= 15 is 0 Å². The van der Waals surface area contributed by atoms with Gasteiger partial charge in [-0.25, -0.2) is 4.21 Å². The van der Waals surface area contributed by atoms with Crippen LogP contribution in [0, 0.1) is 0 Å². The highest BCUT2D eigenvalue weighted by molar-refractivity contribution is 7.79. The Morgan fingerprint density at radius 3 is 2.19 bits per heavy atom. The largest absolute Gasteiger partial charge is 0.326 e. The molecule has 118 valence electrons. The lowest BCUT2D eigenvalue weighted by Crippen LogP contribution is -2.11. The fraction of sp³-hybridized carbons (Fsp3) is 0.562. The third kappa shape index (κ3) is 7.97. The van der Waals surface area contributed by atoms with Gasteiger partial charge in [-0.1, -0.05) is 45.4 Å². The van der Waals surface area contributed by atoms with E-state index in [1.54, 1.807) is 24.3 Å². The van der Waals surface area contributed by atoms with E-state index in [2.05, 4.69) is 12.2 Å². The molecule has 2 N–H and O–H groups in total. The second-order valence-corrected chi connectivity index (χ2v) is 6.16. The van der Waals surface area contributed by atoms with Crippen LogP contribution in [-0.4, -0.2) is 14.7 Å². The van der Waals surface area contributed by atoms with Crippen molar-refractivity contribution in [3.8, 4) is 0 Å². The summed E-state index contributed by atoms with van der Waals surface area (Å²) >= 11 is -1.97. The first kappa shape index (κ1) is 17.9. The lowest BCUT2D eigenvalue weighted by Gasteiger charge is -2.05. The zero-order valence-electron chi connectivity index (χ0n) is 12.6. The summed E-state index contributed by atoms with van der Waals surface area (Å²) < 4.78 is 19.7. The number of unbranched alkanes of at least 4 members (excludes halogenated alkanes) is 6. The van der Waals surface area contributed by atoms with Crippen LogP contribution < -0.4 is 5.32 Å². The maximum atomic E-state index is 11.7. The Hall–Kier alpha value is -1.20. The molecule has 1 amide bonds. The summed E-state index contributed by atoms with van der Waals surface area (Å²) in [5.41, 5.74) is 0.664. The van der Waals surface area contributed by atoms with Gasteiger partial charge in [0, 0.05) is 12.1 Å². The van der Waals surface area contributed by atoms with E-state index in [0.717, 1.165) is 12.8 Å². The maximum Gasteiger partial charge on any atom is 0.224 e. The fourth-order valence-corrected chi connectivity index (χ4v) is 2.49. The highest BCUT2D eigenvalue weighted by atomic mass is 32.2. The van der Waals surface area contributed by atoms with Gasteiger partial charge < -0.3 is 9.87 Å². The molecule has 0 fully saturated rings. The van der Waals surface area contributed by atoms with Gasteiger partial charge in [-0.15, -0.1) is 0 Å². The third-order valence-corrected chi connectivity index (χ3v) is 4.02. The van der Waals surface area contributed by atoms with Crippen LogP contribution in [-0.2, 0) is 15.9 Å². The van der Waals surface area contributed by atoms with E-state index in [0.29, 0.717) is 17.0 Å². The minimum absolute atomic E-state index is 0.00132. The van der Waals surface area contributed by atoms with Crippen molar-refractivity contribution in [2.24, 2.45) is 0 Å². The standard InChI is InChI=1S/C16H25NO3S/c1-2-3-4-5-6-7-8-9-16(18)17-14-10-12-15(13-11-14)21(19)20/h10-13H,2-9H2,1H3,(H,17,18)(H,19,20). The lowest BCUT2D eigenvalue weighted by molar-refractivity contribution is -0.116. The number of nitrogens with one attached hydrogen (secondary N) is 1. The van der Waals surface area contributed by atoms with Crippen LogP contribution in [0.2, 0.25) is 0 Å². The minimum Gasteiger partial charge on any atom is -0.326 e. The molecule has 1 atom stereocenters. The Bertz CT molecular complexity index is 445. The van der Waals surface area contributed by atoms with Gasteiger partial charge >= 0.3 is 0 Å². The molecule has 1 aromatic rings. The van der Waals surface area contributed by atoms with E-state index in [1.165, 1.54) is 32.1 Å². The molecule has 0 saturated heterocycles. The number of amides is 1. The highest BCUT2D eigenvalue weighted by Gasteiger charge is 2.04. The molecule has 0 aromatic heterocycles. The number of hydrogen-bond acceptors (Lipinski definition) is 2. The van der Waals surface area contributed by atoms with Crippen molar-refractivity contribution in [2.75, 3.05) is 5.32 Å². The molecular weight excluding hydrogens is 286 g/mol. The van der Waals surface area contributed by atoms with Crippen LogP contribution in [0.25, 0.3) is 0 Å². The molecule has 4 nitrogen and oxygen atoms in total. The summed E-state index contributed by atoms with van der Waals surface area (Å²) in [6.45, 7) is 2.20. The molecular formula is C16H25NO3S. The quantitative estimate of drug-likeness (QED) is 0.499. The number of carbonyl (C=O) groups is 1. The molecule has 1 unspecified atom stereocenters. The molecule has 0 spiro atoms. The van der Waals surface area contributed by atoms with E-state index < -0.39 is 11.1 Å². The molecule has 1 aromatic carbocycles. The van der Waals surface area contributed by atoms with Gasteiger partial charge in [-0.3, -0.25) is 4.79 Å². The number of rotatable bonds is 10. The van der Waals surface area contributed by atoms with Crippen molar-refractivity contribution in [3.63, 3.8) is 0 Å². The first-order chi connectivity index (χ1) is 10.1. The Labute approximate surface area is 129 Å². The second kappa shape index (κ2) is 10.5. The predicted molar refractivity (Wildman–Crippen MR) is 86.7 cm³/mol. The summed E-state index contributed by atoms with van der Waals surface area (Å²) in [6, 6.07) is 6.37. The number of anilines is 1. The van der Waals surface area contributed by atoms with Crippen molar-refractivity contribution < 1.29 is 13.6 Å². The minimum atomic E-state index is -1.97. The normalized spacial score (nSPS) is 12.1. The molecule has 1 rings (SSSR count). The molecule has 21 heavy (non-hydrogen) atoms. The summed E-state index contributed by atoms with van der Waals surface area (Å²) in [6.07, 6.45) is 8.85. The second-order valence-electron chi connectivity index (χ2n) is 5.19.